The molecule has 7 nitrogen and oxygen atoms in total. The summed E-state index contributed by atoms with van der Waals surface area (Å²) in [5, 5.41) is 2.64. The first kappa shape index (κ1) is 19.7. The topological polar surface area (TPSA) is 84.9 Å². The highest BCUT2D eigenvalue weighted by atomic mass is 32.2. The first-order valence-electron chi connectivity index (χ1n) is 8.98. The summed E-state index contributed by atoms with van der Waals surface area (Å²) in [6.07, 6.45) is 0.139. The Morgan fingerprint density at radius 2 is 2.11 bits per heavy atom. The molecule has 0 unspecified atom stereocenters. The normalized spacial score (nSPS) is 25.2. The number of benzene rings is 1. The fraction of sp³-hybridized carbons (Fsp3) is 0.526. The first-order chi connectivity index (χ1) is 13.0. The number of thioether (sulfide) groups is 1. The van der Waals surface area contributed by atoms with Crippen LogP contribution in [-0.2, 0) is 28.7 Å². The van der Waals surface area contributed by atoms with Crippen molar-refractivity contribution in [3.8, 4) is 0 Å². The number of fused-ring (bicyclic) bond motifs is 1. The lowest BCUT2D eigenvalue weighted by Gasteiger charge is -2.33. The van der Waals surface area contributed by atoms with Crippen LogP contribution in [0.2, 0.25) is 0 Å². The Hall–Kier alpha value is -2.06. The van der Waals surface area contributed by atoms with Gasteiger partial charge in [0.05, 0.1) is 6.61 Å². The molecule has 2 amide bonds. The van der Waals surface area contributed by atoms with E-state index in [2.05, 4.69) is 5.32 Å². The maximum absolute atomic E-state index is 12.7. The number of rotatable bonds is 7. The standard InChI is InChI=1S/C19H24N2O5S/c1-13(17(23)20-10-11-25-2)26-18(24)15-12-27-19(9-8-16(22)21(15)19)14-6-4-3-5-7-14/h3-7,13,15H,8-12H2,1-2H3,(H,20,23)/t13-,15-,19-/m1/s1. The lowest BCUT2D eigenvalue weighted by Crippen LogP contribution is -2.48. The highest BCUT2D eigenvalue weighted by Crippen LogP contribution is 2.54. The Bertz CT molecular complexity index is 713. The second-order valence-corrected chi connectivity index (χ2v) is 7.90. The predicted molar refractivity (Wildman–Crippen MR) is 101 cm³/mol. The molecule has 2 fully saturated rings. The number of amides is 2. The molecule has 0 aromatic heterocycles. The van der Waals surface area contributed by atoms with Gasteiger partial charge in [-0.1, -0.05) is 30.3 Å². The average Bonchev–Trinajstić information content (AvgIpc) is 3.22. The van der Waals surface area contributed by atoms with Crippen molar-refractivity contribution in [2.24, 2.45) is 0 Å². The van der Waals surface area contributed by atoms with Crippen molar-refractivity contribution < 1.29 is 23.9 Å². The van der Waals surface area contributed by atoms with Crippen molar-refractivity contribution in [1.82, 2.24) is 10.2 Å². The van der Waals surface area contributed by atoms with E-state index in [0.717, 1.165) is 5.56 Å². The minimum atomic E-state index is -0.927. The van der Waals surface area contributed by atoms with Gasteiger partial charge in [0.1, 0.15) is 10.9 Å². The number of methoxy groups -OCH3 is 1. The van der Waals surface area contributed by atoms with Crippen LogP contribution in [0.1, 0.15) is 25.3 Å². The quantitative estimate of drug-likeness (QED) is 0.556. The van der Waals surface area contributed by atoms with E-state index in [4.69, 9.17) is 9.47 Å². The Balaban J connectivity index is 1.69. The molecular formula is C19H24N2O5S. The van der Waals surface area contributed by atoms with Crippen molar-refractivity contribution in [1.29, 1.82) is 0 Å². The van der Waals surface area contributed by atoms with E-state index in [1.807, 2.05) is 30.3 Å². The monoisotopic (exact) mass is 392 g/mol. The minimum Gasteiger partial charge on any atom is -0.451 e. The maximum Gasteiger partial charge on any atom is 0.330 e. The molecule has 27 heavy (non-hydrogen) atoms. The van der Waals surface area contributed by atoms with Crippen LogP contribution in [0.5, 0.6) is 0 Å². The summed E-state index contributed by atoms with van der Waals surface area (Å²) < 4.78 is 10.2. The van der Waals surface area contributed by atoms with Crippen LogP contribution in [0, 0.1) is 0 Å². The molecule has 3 rings (SSSR count). The SMILES string of the molecule is COCCNC(=O)[C@@H](C)OC(=O)[C@H]1CS[C@@]2(c3ccccc3)CCC(=O)N12. The fourth-order valence-electron chi connectivity index (χ4n) is 3.54. The van der Waals surface area contributed by atoms with E-state index in [-0.39, 0.29) is 11.8 Å². The first-order valence-corrected chi connectivity index (χ1v) is 9.97. The molecule has 1 aromatic carbocycles. The molecule has 0 aliphatic carbocycles. The summed E-state index contributed by atoms with van der Waals surface area (Å²) in [5.74, 6) is -0.515. The average molecular weight is 392 g/mol. The third-order valence-corrected chi connectivity index (χ3v) is 6.49. The summed E-state index contributed by atoms with van der Waals surface area (Å²) in [6.45, 7) is 2.25. The van der Waals surface area contributed by atoms with Gasteiger partial charge < -0.3 is 19.7 Å². The van der Waals surface area contributed by atoms with Gasteiger partial charge in [-0.05, 0) is 18.9 Å². The summed E-state index contributed by atoms with van der Waals surface area (Å²) in [6, 6.07) is 9.08. The zero-order chi connectivity index (χ0) is 19.4. The van der Waals surface area contributed by atoms with Gasteiger partial charge in [-0.3, -0.25) is 9.59 Å². The zero-order valence-corrected chi connectivity index (χ0v) is 16.3. The van der Waals surface area contributed by atoms with Gasteiger partial charge in [-0.15, -0.1) is 11.8 Å². The number of hydrogen-bond donors (Lipinski definition) is 1. The van der Waals surface area contributed by atoms with Crippen LogP contribution in [0.4, 0.5) is 0 Å². The molecule has 2 aliphatic rings. The lowest BCUT2D eigenvalue weighted by atomic mass is 10.0. The number of nitrogens with zero attached hydrogens (tertiary/aromatic N) is 1. The molecule has 3 atom stereocenters. The number of esters is 1. The maximum atomic E-state index is 12.7. The highest BCUT2D eigenvalue weighted by Gasteiger charge is 2.57. The van der Waals surface area contributed by atoms with Crippen molar-refractivity contribution >= 4 is 29.5 Å². The van der Waals surface area contributed by atoms with Crippen LogP contribution >= 0.6 is 11.8 Å². The van der Waals surface area contributed by atoms with Crippen molar-refractivity contribution in [2.45, 2.75) is 36.8 Å². The van der Waals surface area contributed by atoms with E-state index >= 15 is 0 Å². The molecular weight excluding hydrogens is 368 g/mol. The van der Waals surface area contributed by atoms with Gasteiger partial charge in [-0.2, -0.15) is 0 Å². The Morgan fingerprint density at radius 1 is 1.37 bits per heavy atom. The summed E-state index contributed by atoms with van der Waals surface area (Å²) in [4.78, 5) is 38.4. The number of ether oxygens (including phenoxy) is 2. The summed E-state index contributed by atoms with van der Waals surface area (Å²) in [7, 11) is 1.54. The Labute approximate surface area is 162 Å². The van der Waals surface area contributed by atoms with Gasteiger partial charge in [0.15, 0.2) is 6.10 Å². The second-order valence-electron chi connectivity index (χ2n) is 6.60. The van der Waals surface area contributed by atoms with Crippen LogP contribution < -0.4 is 5.32 Å². The minimum absolute atomic E-state index is 0.0528. The Morgan fingerprint density at radius 3 is 2.81 bits per heavy atom. The molecule has 0 saturated carbocycles. The van der Waals surface area contributed by atoms with Crippen molar-refractivity contribution in [2.75, 3.05) is 26.0 Å². The number of carbonyl (C=O) groups excluding carboxylic acids is 3. The van der Waals surface area contributed by atoms with Crippen LogP contribution in [0.3, 0.4) is 0 Å². The number of carbonyl (C=O) groups is 3. The van der Waals surface area contributed by atoms with E-state index in [1.165, 1.54) is 6.92 Å². The molecule has 0 radical (unpaired) electrons. The molecule has 0 bridgehead atoms. The lowest BCUT2D eigenvalue weighted by molar-refractivity contribution is -0.161. The third-order valence-electron chi connectivity index (χ3n) is 4.89. The number of hydrogen-bond acceptors (Lipinski definition) is 6. The second kappa shape index (κ2) is 8.31. The van der Waals surface area contributed by atoms with Crippen molar-refractivity contribution in [3.63, 3.8) is 0 Å². The van der Waals surface area contributed by atoms with E-state index in [0.29, 0.717) is 31.7 Å². The van der Waals surface area contributed by atoms with E-state index in [1.54, 1.807) is 23.8 Å². The molecule has 0 spiro atoms. The smallest absolute Gasteiger partial charge is 0.330 e. The zero-order valence-electron chi connectivity index (χ0n) is 15.5. The molecule has 1 N–H and O–H groups in total. The molecule has 8 heteroatoms. The van der Waals surface area contributed by atoms with Crippen LogP contribution in [-0.4, -0.2) is 60.8 Å². The van der Waals surface area contributed by atoms with E-state index in [9.17, 15) is 14.4 Å². The summed E-state index contributed by atoms with van der Waals surface area (Å²) >= 11 is 1.59. The van der Waals surface area contributed by atoms with Crippen LogP contribution in [0.25, 0.3) is 0 Å². The summed E-state index contributed by atoms with van der Waals surface area (Å²) in [5.41, 5.74) is 1.02. The Kier molecular flexibility index (Phi) is 6.06. The van der Waals surface area contributed by atoms with Gasteiger partial charge in [0.2, 0.25) is 5.91 Å². The van der Waals surface area contributed by atoms with Crippen molar-refractivity contribution in [3.05, 3.63) is 35.9 Å². The fourth-order valence-corrected chi connectivity index (χ4v) is 5.18. The van der Waals surface area contributed by atoms with E-state index < -0.39 is 23.0 Å². The largest absolute Gasteiger partial charge is 0.451 e. The molecule has 2 aliphatic heterocycles. The molecule has 2 saturated heterocycles. The van der Waals surface area contributed by atoms with Gasteiger partial charge >= 0.3 is 5.97 Å². The van der Waals surface area contributed by atoms with Gasteiger partial charge in [0, 0.05) is 25.8 Å². The highest BCUT2D eigenvalue weighted by molar-refractivity contribution is 8.00. The number of nitrogens with one attached hydrogen (secondary N) is 1. The molecule has 1 aromatic rings. The third kappa shape index (κ3) is 3.82. The molecule has 146 valence electrons. The predicted octanol–water partition coefficient (Wildman–Crippen LogP) is 1.27. The van der Waals surface area contributed by atoms with Gasteiger partial charge in [-0.25, -0.2) is 4.79 Å². The van der Waals surface area contributed by atoms with Crippen LogP contribution in [0.15, 0.2) is 30.3 Å². The van der Waals surface area contributed by atoms with Gasteiger partial charge in [0.25, 0.3) is 5.91 Å². The molecule has 2 heterocycles.